The minimum atomic E-state index is -3.83. The zero-order valence-electron chi connectivity index (χ0n) is 31.9. The fourth-order valence-electron chi connectivity index (χ4n) is 6.04. The summed E-state index contributed by atoms with van der Waals surface area (Å²) in [5.74, 6) is -0.864. The molecule has 0 atom stereocenters. The number of thiazole rings is 1. The molecule has 0 aliphatic carbocycles. The Labute approximate surface area is 338 Å². The first-order chi connectivity index (χ1) is 27.2. The number of nitrogens with one attached hydrogen (secondary N) is 2. The van der Waals surface area contributed by atoms with Gasteiger partial charge in [-0.05, 0) is 99.5 Å². The molecule has 2 N–H and O–H groups in total. The van der Waals surface area contributed by atoms with Crippen molar-refractivity contribution < 1.29 is 26.4 Å². The zero-order valence-corrected chi connectivity index (χ0v) is 34.3. The maximum atomic E-state index is 13.6. The second-order valence-corrected chi connectivity index (χ2v) is 18.5. The first kappa shape index (κ1) is 41.1. The molecule has 57 heavy (non-hydrogen) atoms. The van der Waals surface area contributed by atoms with E-state index in [9.17, 15) is 26.4 Å². The molecule has 5 aromatic carbocycles. The van der Waals surface area contributed by atoms with Gasteiger partial charge in [-0.2, -0.15) is 8.61 Å². The third-order valence-electron chi connectivity index (χ3n) is 9.10. The van der Waals surface area contributed by atoms with Gasteiger partial charge in [0.1, 0.15) is 0 Å². The van der Waals surface area contributed by atoms with Crippen LogP contribution >= 0.6 is 11.3 Å². The number of carbonyl (C=O) groups excluding carboxylic acids is 2. The Hall–Kier alpha value is -5.51. The molecule has 1 aromatic heterocycles. The highest BCUT2D eigenvalue weighted by atomic mass is 32.2. The van der Waals surface area contributed by atoms with Crippen molar-refractivity contribution in [2.75, 3.05) is 10.6 Å². The van der Waals surface area contributed by atoms with E-state index in [2.05, 4.69) is 15.6 Å². The van der Waals surface area contributed by atoms with Gasteiger partial charge in [-0.1, -0.05) is 72.8 Å². The predicted octanol–water partition coefficient (Wildman–Crippen LogP) is 8.51. The second-order valence-electron chi connectivity index (χ2n) is 13.8. The van der Waals surface area contributed by atoms with E-state index in [1.165, 1.54) is 68.5 Å². The molecular formula is C43H43N5O6S3. The number of hydrogen-bond donors (Lipinski definition) is 2. The molecule has 0 saturated carbocycles. The summed E-state index contributed by atoms with van der Waals surface area (Å²) >= 11 is 1.22. The number of carbonyl (C=O) groups is 2. The first-order valence-electron chi connectivity index (χ1n) is 18.2. The van der Waals surface area contributed by atoms with Crippen LogP contribution in [0.5, 0.6) is 0 Å². The van der Waals surface area contributed by atoms with Crippen LogP contribution in [0.4, 0.5) is 10.8 Å². The third kappa shape index (κ3) is 9.90. The highest BCUT2D eigenvalue weighted by Gasteiger charge is 2.29. The Kier molecular flexibility index (Phi) is 12.8. The molecule has 1 heterocycles. The van der Waals surface area contributed by atoms with Gasteiger partial charge in [0.2, 0.25) is 20.0 Å². The van der Waals surface area contributed by atoms with E-state index >= 15 is 0 Å². The van der Waals surface area contributed by atoms with Crippen LogP contribution in [-0.2, 0) is 33.1 Å². The average Bonchev–Trinajstić information content (AvgIpc) is 3.68. The van der Waals surface area contributed by atoms with Crippen LogP contribution in [0, 0.1) is 0 Å². The second kappa shape index (κ2) is 17.7. The van der Waals surface area contributed by atoms with Crippen molar-refractivity contribution in [1.82, 2.24) is 13.6 Å². The van der Waals surface area contributed by atoms with Crippen molar-refractivity contribution in [3.8, 4) is 11.3 Å². The zero-order chi connectivity index (χ0) is 40.7. The summed E-state index contributed by atoms with van der Waals surface area (Å²) in [6.07, 6.45) is 0. The Morgan fingerprint density at radius 2 is 1.05 bits per heavy atom. The van der Waals surface area contributed by atoms with Gasteiger partial charge in [0.05, 0.1) is 15.5 Å². The molecule has 294 valence electrons. The van der Waals surface area contributed by atoms with Gasteiger partial charge in [0, 0.05) is 52.9 Å². The lowest BCUT2D eigenvalue weighted by molar-refractivity contribution is 0.101. The Morgan fingerprint density at radius 1 is 0.596 bits per heavy atom. The lowest BCUT2D eigenvalue weighted by Gasteiger charge is -2.26. The topological polar surface area (TPSA) is 146 Å². The van der Waals surface area contributed by atoms with Gasteiger partial charge in [-0.3, -0.25) is 14.9 Å². The molecule has 0 radical (unpaired) electrons. The summed E-state index contributed by atoms with van der Waals surface area (Å²) in [6, 6.07) is 36.9. The van der Waals surface area contributed by atoms with Crippen molar-refractivity contribution in [3.63, 3.8) is 0 Å². The highest BCUT2D eigenvalue weighted by Crippen LogP contribution is 2.29. The van der Waals surface area contributed by atoms with Crippen LogP contribution in [0.2, 0.25) is 0 Å². The van der Waals surface area contributed by atoms with E-state index in [1.54, 1.807) is 23.6 Å². The van der Waals surface area contributed by atoms with E-state index in [0.29, 0.717) is 22.1 Å². The van der Waals surface area contributed by atoms with Gasteiger partial charge >= 0.3 is 0 Å². The summed E-state index contributed by atoms with van der Waals surface area (Å²) in [5, 5.41) is 7.76. The Bertz CT molecular complexity index is 2540. The predicted molar refractivity (Wildman–Crippen MR) is 225 cm³/mol. The molecule has 0 aliphatic heterocycles. The summed E-state index contributed by atoms with van der Waals surface area (Å²) in [5.41, 5.74) is 4.06. The van der Waals surface area contributed by atoms with Crippen molar-refractivity contribution >= 4 is 54.0 Å². The monoisotopic (exact) mass is 821 g/mol. The molecule has 0 saturated heterocycles. The molecule has 0 fully saturated rings. The van der Waals surface area contributed by atoms with E-state index in [-0.39, 0.29) is 46.1 Å². The Morgan fingerprint density at radius 3 is 1.51 bits per heavy atom. The summed E-state index contributed by atoms with van der Waals surface area (Å²) in [4.78, 5) is 31.1. The van der Waals surface area contributed by atoms with Crippen molar-refractivity contribution in [1.29, 1.82) is 0 Å². The lowest BCUT2D eigenvalue weighted by Crippen LogP contribution is -2.36. The minimum Gasteiger partial charge on any atom is -0.322 e. The highest BCUT2D eigenvalue weighted by molar-refractivity contribution is 7.89. The number of benzene rings is 5. The normalized spacial score (nSPS) is 12.0. The summed E-state index contributed by atoms with van der Waals surface area (Å²) in [6.45, 7) is 7.74. The van der Waals surface area contributed by atoms with Gasteiger partial charge < -0.3 is 5.32 Å². The fraction of sp³-hybridized carbons (Fsp3) is 0.186. The number of amides is 2. The molecule has 0 unspecified atom stereocenters. The fourth-order valence-corrected chi connectivity index (χ4v) is 10.0. The largest absolute Gasteiger partial charge is 0.322 e. The number of anilines is 2. The minimum absolute atomic E-state index is 0.0876. The van der Waals surface area contributed by atoms with Gasteiger partial charge in [0.25, 0.3) is 11.8 Å². The molecule has 6 rings (SSSR count). The SMILES string of the molecule is CC(C)N(Cc1ccccc1)S(=O)(=O)c1ccc(C(=O)Nc2cccc(-c3csc(NC(=O)c4ccc(S(=O)(=O)N(Cc5ccccc5)C(C)C)cc4)n3)c2)cc1. The van der Waals surface area contributed by atoms with Crippen molar-refractivity contribution in [2.24, 2.45) is 0 Å². The lowest BCUT2D eigenvalue weighted by atomic mass is 10.1. The smallest absolute Gasteiger partial charge is 0.257 e. The van der Waals surface area contributed by atoms with E-state index in [4.69, 9.17) is 0 Å². The van der Waals surface area contributed by atoms with Gasteiger partial charge in [-0.25, -0.2) is 21.8 Å². The first-order valence-corrected chi connectivity index (χ1v) is 22.0. The molecule has 0 bridgehead atoms. The molecule has 6 aromatic rings. The van der Waals surface area contributed by atoms with Crippen LogP contribution in [0.15, 0.2) is 149 Å². The van der Waals surface area contributed by atoms with Crippen LogP contribution in [0.1, 0.15) is 59.5 Å². The van der Waals surface area contributed by atoms with Gasteiger partial charge in [0.15, 0.2) is 5.13 Å². The van der Waals surface area contributed by atoms with Crippen molar-refractivity contribution in [2.45, 2.75) is 62.7 Å². The van der Waals surface area contributed by atoms with Crippen LogP contribution < -0.4 is 10.6 Å². The molecule has 0 spiro atoms. The molecule has 11 nitrogen and oxygen atoms in total. The maximum absolute atomic E-state index is 13.6. The number of hydrogen-bond acceptors (Lipinski definition) is 8. The standard InChI is InChI=1S/C43H43N5O6S3/c1-30(2)47(27-32-12-7-5-8-13-32)56(51,52)38-22-18-34(19-23-38)41(49)44-37-17-11-16-36(26-37)40-29-55-43(45-40)46-42(50)35-20-24-39(25-21-35)57(53,54)48(31(3)4)28-33-14-9-6-10-15-33/h5-26,29-31H,27-28H2,1-4H3,(H,44,49)(H,45,46,50). The Balaban J connectivity index is 1.08. The number of nitrogens with zero attached hydrogens (tertiary/aromatic N) is 3. The van der Waals surface area contributed by atoms with Crippen LogP contribution in [0.3, 0.4) is 0 Å². The molecule has 0 aliphatic rings. The summed E-state index contributed by atoms with van der Waals surface area (Å²) < 4.78 is 57.1. The summed E-state index contributed by atoms with van der Waals surface area (Å²) in [7, 11) is -7.67. The van der Waals surface area contributed by atoms with E-state index in [0.717, 1.165) is 11.1 Å². The molecule has 2 amide bonds. The quantitative estimate of drug-likeness (QED) is 0.106. The van der Waals surface area contributed by atoms with Crippen LogP contribution in [0.25, 0.3) is 11.3 Å². The van der Waals surface area contributed by atoms with Crippen molar-refractivity contribution in [3.05, 3.63) is 161 Å². The van der Waals surface area contributed by atoms with E-state index in [1.807, 2.05) is 94.4 Å². The van der Waals surface area contributed by atoms with Crippen LogP contribution in [-0.4, -0.2) is 54.3 Å². The molecular weight excluding hydrogens is 779 g/mol. The van der Waals surface area contributed by atoms with E-state index < -0.39 is 31.9 Å². The third-order valence-corrected chi connectivity index (χ3v) is 13.9. The average molecular weight is 822 g/mol. The molecule has 14 heteroatoms. The number of aromatic nitrogens is 1. The van der Waals surface area contributed by atoms with Gasteiger partial charge in [-0.15, -0.1) is 11.3 Å². The maximum Gasteiger partial charge on any atom is 0.257 e. The number of sulfonamides is 2. The number of rotatable bonds is 15.